The van der Waals surface area contributed by atoms with E-state index in [0.717, 1.165) is 28.2 Å². The second kappa shape index (κ2) is 10.8. The Hall–Kier alpha value is -6.91. The molecule has 7 aromatic carbocycles. The molecule has 4 heteroatoms. The van der Waals surface area contributed by atoms with Crippen LogP contribution in [-0.4, -0.2) is 18.7 Å². The molecule has 11 aromatic rings. The van der Waals surface area contributed by atoms with Gasteiger partial charge in [0.2, 0.25) is 0 Å². The van der Waals surface area contributed by atoms with Crippen molar-refractivity contribution in [3.63, 3.8) is 0 Å². The summed E-state index contributed by atoms with van der Waals surface area (Å²) in [6, 6.07) is 63.4. The highest BCUT2D eigenvalue weighted by atomic mass is 15.1. The Labute approximate surface area is 293 Å². The van der Waals surface area contributed by atoms with E-state index in [-0.39, 0.29) is 0 Å². The summed E-state index contributed by atoms with van der Waals surface area (Å²) in [6.07, 6.45) is 1.89. The Bertz CT molecular complexity index is 3110. The first-order valence-electron chi connectivity index (χ1n) is 17.4. The summed E-state index contributed by atoms with van der Waals surface area (Å²) < 4.78 is 7.18. The Kier molecular flexibility index (Phi) is 5.92. The predicted molar refractivity (Wildman–Crippen MR) is 213 cm³/mol. The van der Waals surface area contributed by atoms with E-state index in [1.165, 1.54) is 65.5 Å². The fourth-order valence-corrected chi connectivity index (χ4v) is 8.41. The van der Waals surface area contributed by atoms with E-state index in [1.807, 2.05) is 12.3 Å². The summed E-state index contributed by atoms with van der Waals surface area (Å²) in [6.45, 7) is 0. The Morgan fingerprint density at radius 3 is 1.55 bits per heavy atom. The zero-order valence-corrected chi connectivity index (χ0v) is 27.6. The average Bonchev–Trinajstić information content (AvgIpc) is 3.84. The molecule has 0 spiro atoms. The molecule has 0 amide bonds. The molecule has 0 saturated carbocycles. The monoisotopic (exact) mass is 650 g/mol. The van der Waals surface area contributed by atoms with Crippen molar-refractivity contribution in [3.8, 4) is 28.3 Å². The number of hydrogen-bond donors (Lipinski definition) is 0. The van der Waals surface area contributed by atoms with Crippen LogP contribution in [0.15, 0.2) is 182 Å². The van der Waals surface area contributed by atoms with E-state index in [2.05, 4.69) is 184 Å². The van der Waals surface area contributed by atoms with E-state index in [0.29, 0.717) is 0 Å². The first-order valence-corrected chi connectivity index (χ1v) is 17.4. The predicted octanol–water partition coefficient (Wildman–Crippen LogP) is 12.0. The van der Waals surface area contributed by atoms with Gasteiger partial charge < -0.3 is 9.13 Å². The van der Waals surface area contributed by atoms with Crippen molar-refractivity contribution in [1.82, 2.24) is 18.7 Å². The molecule has 4 aromatic heterocycles. The van der Waals surface area contributed by atoms with Crippen molar-refractivity contribution in [3.05, 3.63) is 182 Å². The Morgan fingerprint density at radius 2 is 0.882 bits per heavy atom. The lowest BCUT2D eigenvalue weighted by Gasteiger charge is -2.13. The van der Waals surface area contributed by atoms with Crippen molar-refractivity contribution < 1.29 is 0 Å². The maximum absolute atomic E-state index is 4.94. The van der Waals surface area contributed by atoms with Crippen LogP contribution in [0.1, 0.15) is 0 Å². The van der Waals surface area contributed by atoms with Crippen molar-refractivity contribution in [2.24, 2.45) is 0 Å². The molecule has 0 N–H and O–H groups in total. The highest BCUT2D eigenvalue weighted by Crippen LogP contribution is 2.47. The highest BCUT2D eigenvalue weighted by molar-refractivity contribution is 6.30. The summed E-state index contributed by atoms with van der Waals surface area (Å²) in [5.41, 5.74) is 11.7. The van der Waals surface area contributed by atoms with Crippen LogP contribution in [-0.2, 0) is 0 Å². The topological polar surface area (TPSA) is 27.7 Å². The number of hydrogen-bond acceptors (Lipinski definition) is 1. The van der Waals surface area contributed by atoms with Crippen LogP contribution in [0.4, 0.5) is 0 Å². The Morgan fingerprint density at radius 1 is 0.353 bits per heavy atom. The molecule has 0 aliphatic carbocycles. The number of pyridine rings is 1. The molecular formula is C47H30N4. The van der Waals surface area contributed by atoms with Crippen LogP contribution in [0, 0.1) is 0 Å². The van der Waals surface area contributed by atoms with Crippen LogP contribution in [0.3, 0.4) is 0 Å². The summed E-state index contributed by atoms with van der Waals surface area (Å²) in [7, 11) is 0. The smallest absolute Gasteiger partial charge is 0.137 e. The molecule has 0 atom stereocenters. The maximum atomic E-state index is 4.94. The average molecular weight is 651 g/mol. The van der Waals surface area contributed by atoms with Gasteiger partial charge in [-0.3, -0.25) is 4.57 Å². The van der Waals surface area contributed by atoms with Gasteiger partial charge in [-0.2, -0.15) is 0 Å². The first kappa shape index (κ1) is 28.0. The van der Waals surface area contributed by atoms with Gasteiger partial charge >= 0.3 is 0 Å². The van der Waals surface area contributed by atoms with Crippen LogP contribution in [0.25, 0.3) is 93.7 Å². The van der Waals surface area contributed by atoms with E-state index >= 15 is 0 Å². The number of fused-ring (bicyclic) bond motifs is 10. The number of nitrogens with zero attached hydrogens (tertiary/aromatic N) is 4. The Balaban J connectivity index is 1.34. The van der Waals surface area contributed by atoms with Gasteiger partial charge in [0, 0.05) is 49.9 Å². The SMILES string of the molecule is c1ccc(-n2c3ccccc3c3cc(-c4cc5c(c6ccccc6n5-c5ccccc5)c5c4c4ccccc4n5-c4ccccn4)ccc32)cc1. The number of para-hydroxylation sites is 5. The summed E-state index contributed by atoms with van der Waals surface area (Å²) in [4.78, 5) is 4.94. The highest BCUT2D eigenvalue weighted by Gasteiger charge is 2.25. The zero-order valence-electron chi connectivity index (χ0n) is 27.6. The molecule has 4 nitrogen and oxygen atoms in total. The lowest BCUT2D eigenvalue weighted by atomic mass is 9.95. The molecule has 0 radical (unpaired) electrons. The number of aromatic nitrogens is 4. The van der Waals surface area contributed by atoms with E-state index in [4.69, 9.17) is 4.98 Å². The van der Waals surface area contributed by atoms with Gasteiger partial charge in [-0.1, -0.05) is 103 Å². The second-order valence-electron chi connectivity index (χ2n) is 13.2. The van der Waals surface area contributed by atoms with Crippen LogP contribution in [0.2, 0.25) is 0 Å². The van der Waals surface area contributed by atoms with Gasteiger partial charge in [0.15, 0.2) is 0 Å². The third-order valence-electron chi connectivity index (χ3n) is 10.5. The summed E-state index contributed by atoms with van der Waals surface area (Å²) in [5, 5.41) is 7.34. The molecule has 11 rings (SSSR count). The maximum Gasteiger partial charge on any atom is 0.137 e. The molecule has 51 heavy (non-hydrogen) atoms. The molecule has 0 bridgehead atoms. The fourth-order valence-electron chi connectivity index (χ4n) is 8.41. The summed E-state index contributed by atoms with van der Waals surface area (Å²) in [5.74, 6) is 0.903. The van der Waals surface area contributed by atoms with E-state index in [9.17, 15) is 0 Å². The zero-order chi connectivity index (χ0) is 33.5. The van der Waals surface area contributed by atoms with Crippen molar-refractivity contribution in [1.29, 1.82) is 0 Å². The molecule has 0 aliphatic rings. The van der Waals surface area contributed by atoms with Gasteiger partial charge in [0.05, 0.1) is 33.1 Å². The van der Waals surface area contributed by atoms with Crippen LogP contribution >= 0.6 is 0 Å². The fraction of sp³-hybridized carbons (Fsp3) is 0. The quantitative estimate of drug-likeness (QED) is 0.186. The van der Waals surface area contributed by atoms with Crippen molar-refractivity contribution in [2.75, 3.05) is 0 Å². The van der Waals surface area contributed by atoms with Crippen molar-refractivity contribution >= 4 is 65.4 Å². The van der Waals surface area contributed by atoms with Gasteiger partial charge in [0.25, 0.3) is 0 Å². The van der Waals surface area contributed by atoms with Crippen molar-refractivity contribution in [2.45, 2.75) is 0 Å². The first-order chi connectivity index (χ1) is 25.3. The normalized spacial score (nSPS) is 11.9. The van der Waals surface area contributed by atoms with Crippen LogP contribution in [0.5, 0.6) is 0 Å². The minimum atomic E-state index is 0.903. The van der Waals surface area contributed by atoms with Gasteiger partial charge in [-0.05, 0) is 83.9 Å². The number of benzene rings is 7. The van der Waals surface area contributed by atoms with Gasteiger partial charge in [-0.15, -0.1) is 0 Å². The third-order valence-corrected chi connectivity index (χ3v) is 10.5. The second-order valence-corrected chi connectivity index (χ2v) is 13.2. The minimum Gasteiger partial charge on any atom is -0.309 e. The molecule has 0 aliphatic heterocycles. The number of rotatable bonds is 4. The molecule has 4 heterocycles. The molecular weight excluding hydrogens is 621 g/mol. The summed E-state index contributed by atoms with van der Waals surface area (Å²) >= 11 is 0. The lowest BCUT2D eigenvalue weighted by Crippen LogP contribution is -1.98. The van der Waals surface area contributed by atoms with E-state index < -0.39 is 0 Å². The standard InChI is InChI=1S/C47H30N4/c1-3-15-32(16-4-1)49-39-22-10-7-19-34(39)38-29-31(26-27-42(38)49)37-30-43-46(36-21-9-11-23-40(36)50(43)33-17-5-2-6-18-33)47-45(37)35-20-8-12-24-41(35)51(47)44-25-13-14-28-48-44/h1-30H. The minimum absolute atomic E-state index is 0.903. The van der Waals surface area contributed by atoms with Crippen LogP contribution < -0.4 is 0 Å². The third kappa shape index (κ3) is 3.99. The van der Waals surface area contributed by atoms with E-state index in [1.54, 1.807) is 0 Å². The molecule has 238 valence electrons. The largest absolute Gasteiger partial charge is 0.309 e. The molecule has 0 unspecified atom stereocenters. The molecule has 0 saturated heterocycles. The van der Waals surface area contributed by atoms with Gasteiger partial charge in [-0.25, -0.2) is 4.98 Å². The lowest BCUT2D eigenvalue weighted by molar-refractivity contribution is 1.08. The van der Waals surface area contributed by atoms with Gasteiger partial charge in [0.1, 0.15) is 5.82 Å². The molecule has 0 fully saturated rings.